The molecule has 0 aliphatic carbocycles. The Morgan fingerprint density at radius 1 is 1.28 bits per heavy atom. The fourth-order valence-corrected chi connectivity index (χ4v) is 1.67. The summed E-state index contributed by atoms with van der Waals surface area (Å²) in [4.78, 5) is 11.0. The van der Waals surface area contributed by atoms with Crippen LogP contribution >= 0.6 is 0 Å². The molecular weight excluding hydrogens is 228 g/mol. The van der Waals surface area contributed by atoms with Crippen LogP contribution in [0.15, 0.2) is 29.2 Å². The molecule has 0 saturated carbocycles. The number of allylic oxidation sites excluding steroid dienone is 2. The molecule has 0 atom stereocenters. The van der Waals surface area contributed by atoms with Crippen LogP contribution in [0.3, 0.4) is 0 Å². The molecule has 0 N–H and O–H groups in total. The number of hydrogen-bond donors (Lipinski definition) is 0. The standard InChI is InChI=1S/C15H24O3/c1-6-8-9-10-14(11-16)15(17-5)12(3)13(4)18-7-2/h4,6-10H2,1-3,5H3/b15-12+. The first-order valence-electron chi connectivity index (χ1n) is 6.43. The molecule has 0 amide bonds. The third-order valence-corrected chi connectivity index (χ3v) is 2.71. The summed E-state index contributed by atoms with van der Waals surface area (Å²) in [5, 5.41) is 0. The molecule has 0 radical (unpaired) electrons. The minimum atomic E-state index is 0.539. The highest BCUT2D eigenvalue weighted by Gasteiger charge is 2.13. The minimum absolute atomic E-state index is 0.539. The molecular formula is C15H24O3. The van der Waals surface area contributed by atoms with Gasteiger partial charge in [-0.15, -0.1) is 0 Å². The van der Waals surface area contributed by atoms with Crippen molar-refractivity contribution >= 4 is 5.94 Å². The second-order valence-corrected chi connectivity index (χ2v) is 4.05. The van der Waals surface area contributed by atoms with Crippen LogP contribution in [0.1, 0.15) is 46.5 Å². The van der Waals surface area contributed by atoms with E-state index in [1.165, 1.54) is 0 Å². The normalized spacial score (nSPS) is 11.3. The van der Waals surface area contributed by atoms with E-state index in [1.54, 1.807) is 7.11 Å². The van der Waals surface area contributed by atoms with Gasteiger partial charge in [0.2, 0.25) is 0 Å². The Bertz CT molecular complexity index is 347. The van der Waals surface area contributed by atoms with E-state index in [4.69, 9.17) is 9.47 Å². The Balaban J connectivity index is 4.96. The third kappa shape index (κ3) is 5.24. The molecule has 18 heavy (non-hydrogen) atoms. The summed E-state index contributed by atoms with van der Waals surface area (Å²) in [7, 11) is 1.55. The van der Waals surface area contributed by atoms with Gasteiger partial charge in [0.25, 0.3) is 0 Å². The second-order valence-electron chi connectivity index (χ2n) is 4.05. The molecule has 0 aromatic rings. The van der Waals surface area contributed by atoms with Crippen molar-refractivity contribution in [3.05, 3.63) is 29.2 Å². The molecule has 0 rings (SSSR count). The zero-order valence-electron chi connectivity index (χ0n) is 12.0. The SMILES string of the molecule is C=C(OCC)/C(C)=C(/OC)C(=C=O)CCCCC. The van der Waals surface area contributed by atoms with Gasteiger partial charge in [0.1, 0.15) is 17.5 Å². The van der Waals surface area contributed by atoms with Gasteiger partial charge in [-0.25, -0.2) is 4.79 Å². The lowest BCUT2D eigenvalue weighted by molar-refractivity contribution is 0.230. The smallest absolute Gasteiger partial charge is 0.139 e. The second kappa shape index (κ2) is 9.55. The molecule has 0 unspecified atom stereocenters. The molecule has 0 heterocycles. The van der Waals surface area contributed by atoms with Crippen LogP contribution in [0.5, 0.6) is 0 Å². The average Bonchev–Trinajstić information content (AvgIpc) is 2.37. The quantitative estimate of drug-likeness (QED) is 0.271. The van der Waals surface area contributed by atoms with Crippen molar-refractivity contribution in [2.45, 2.75) is 46.5 Å². The van der Waals surface area contributed by atoms with E-state index in [-0.39, 0.29) is 0 Å². The maximum Gasteiger partial charge on any atom is 0.139 e. The molecule has 0 aromatic heterocycles. The highest BCUT2D eigenvalue weighted by Crippen LogP contribution is 2.23. The van der Waals surface area contributed by atoms with Crippen molar-refractivity contribution in [1.82, 2.24) is 0 Å². The summed E-state index contributed by atoms with van der Waals surface area (Å²) in [6.45, 7) is 10.2. The van der Waals surface area contributed by atoms with Gasteiger partial charge in [-0.1, -0.05) is 26.3 Å². The molecule has 3 nitrogen and oxygen atoms in total. The van der Waals surface area contributed by atoms with Gasteiger partial charge in [0, 0.05) is 5.57 Å². The summed E-state index contributed by atoms with van der Waals surface area (Å²) in [6, 6.07) is 0. The summed E-state index contributed by atoms with van der Waals surface area (Å²) in [5.74, 6) is 3.06. The lowest BCUT2D eigenvalue weighted by atomic mass is 10.0. The monoisotopic (exact) mass is 252 g/mol. The van der Waals surface area contributed by atoms with Crippen LogP contribution in [0.2, 0.25) is 0 Å². The molecule has 102 valence electrons. The van der Waals surface area contributed by atoms with Gasteiger partial charge < -0.3 is 9.47 Å². The van der Waals surface area contributed by atoms with Crippen LogP contribution in [0.4, 0.5) is 0 Å². The maximum absolute atomic E-state index is 11.0. The zero-order valence-corrected chi connectivity index (χ0v) is 12.0. The molecule has 3 heteroatoms. The van der Waals surface area contributed by atoms with Crippen molar-refractivity contribution in [3.8, 4) is 0 Å². The van der Waals surface area contributed by atoms with Crippen molar-refractivity contribution < 1.29 is 14.3 Å². The Labute approximate surface area is 110 Å². The first-order valence-corrected chi connectivity index (χ1v) is 6.43. The van der Waals surface area contributed by atoms with Crippen LogP contribution in [-0.2, 0) is 14.3 Å². The van der Waals surface area contributed by atoms with Crippen LogP contribution in [0.25, 0.3) is 0 Å². The molecule has 0 saturated heterocycles. The van der Waals surface area contributed by atoms with Gasteiger partial charge in [-0.3, -0.25) is 0 Å². The Morgan fingerprint density at radius 3 is 2.39 bits per heavy atom. The van der Waals surface area contributed by atoms with Gasteiger partial charge >= 0.3 is 0 Å². The number of hydrogen-bond acceptors (Lipinski definition) is 3. The highest BCUT2D eigenvalue weighted by atomic mass is 16.5. The Hall–Kier alpha value is -1.47. The van der Waals surface area contributed by atoms with Gasteiger partial charge in [0.05, 0.1) is 19.3 Å². The average molecular weight is 252 g/mol. The largest absolute Gasteiger partial charge is 0.495 e. The first-order chi connectivity index (χ1) is 8.62. The number of methoxy groups -OCH3 is 1. The molecule has 0 bridgehead atoms. The van der Waals surface area contributed by atoms with Crippen molar-refractivity contribution in [3.63, 3.8) is 0 Å². The Kier molecular flexibility index (Phi) is 8.77. The summed E-state index contributed by atoms with van der Waals surface area (Å²) < 4.78 is 10.6. The summed E-state index contributed by atoms with van der Waals surface area (Å²) in [5.41, 5.74) is 1.32. The fraction of sp³-hybridized carbons (Fsp3) is 0.600. The van der Waals surface area contributed by atoms with Crippen LogP contribution in [0, 0.1) is 0 Å². The lowest BCUT2D eigenvalue weighted by Crippen LogP contribution is -2.02. The van der Waals surface area contributed by atoms with E-state index in [2.05, 4.69) is 13.5 Å². The molecule has 0 aliphatic rings. The molecule has 0 fully saturated rings. The summed E-state index contributed by atoms with van der Waals surface area (Å²) in [6.07, 6.45) is 3.84. The maximum atomic E-state index is 11.0. The van der Waals surface area contributed by atoms with E-state index >= 15 is 0 Å². The topological polar surface area (TPSA) is 35.5 Å². The predicted molar refractivity (Wildman–Crippen MR) is 73.8 cm³/mol. The first kappa shape index (κ1) is 16.5. The molecule has 0 aromatic carbocycles. The third-order valence-electron chi connectivity index (χ3n) is 2.71. The molecule has 0 aliphatic heterocycles. The fourth-order valence-electron chi connectivity index (χ4n) is 1.67. The zero-order chi connectivity index (χ0) is 14.0. The van der Waals surface area contributed by atoms with Crippen LogP contribution < -0.4 is 0 Å². The van der Waals surface area contributed by atoms with E-state index in [0.717, 1.165) is 24.8 Å². The van der Waals surface area contributed by atoms with Crippen molar-refractivity contribution in [2.75, 3.05) is 13.7 Å². The minimum Gasteiger partial charge on any atom is -0.495 e. The number of rotatable bonds is 9. The lowest BCUT2D eigenvalue weighted by Gasteiger charge is -2.14. The van der Waals surface area contributed by atoms with Gasteiger partial charge in [-0.05, 0) is 26.7 Å². The van der Waals surface area contributed by atoms with Gasteiger partial charge in [-0.2, -0.15) is 0 Å². The van der Waals surface area contributed by atoms with E-state index in [0.29, 0.717) is 30.1 Å². The molecule has 0 spiro atoms. The van der Waals surface area contributed by atoms with Crippen LogP contribution in [-0.4, -0.2) is 19.7 Å². The predicted octanol–water partition coefficient (Wildman–Crippen LogP) is 3.80. The number of carbonyl (C=O) groups excluding carboxylic acids is 1. The number of unbranched alkanes of at least 4 members (excludes halogenated alkanes) is 2. The van der Waals surface area contributed by atoms with E-state index in [1.807, 2.05) is 19.8 Å². The summed E-state index contributed by atoms with van der Waals surface area (Å²) >= 11 is 0. The highest BCUT2D eigenvalue weighted by molar-refractivity contribution is 5.61. The van der Waals surface area contributed by atoms with Gasteiger partial charge in [0.15, 0.2) is 0 Å². The van der Waals surface area contributed by atoms with Crippen molar-refractivity contribution in [1.29, 1.82) is 0 Å². The van der Waals surface area contributed by atoms with E-state index < -0.39 is 0 Å². The Morgan fingerprint density at radius 2 is 1.94 bits per heavy atom. The van der Waals surface area contributed by atoms with E-state index in [9.17, 15) is 4.79 Å². The van der Waals surface area contributed by atoms with Crippen molar-refractivity contribution in [2.24, 2.45) is 0 Å². The number of ether oxygens (including phenoxy) is 2.